The van der Waals surface area contributed by atoms with E-state index in [9.17, 15) is 14.4 Å². The summed E-state index contributed by atoms with van der Waals surface area (Å²) in [5.74, 6) is -0.0844. The minimum atomic E-state index is -0.497. The molecule has 7 nitrogen and oxygen atoms in total. The molecule has 31 heavy (non-hydrogen) atoms. The van der Waals surface area contributed by atoms with Gasteiger partial charge < -0.3 is 20.1 Å². The lowest BCUT2D eigenvalue weighted by Gasteiger charge is -2.29. The predicted octanol–water partition coefficient (Wildman–Crippen LogP) is 2.11. The van der Waals surface area contributed by atoms with Gasteiger partial charge in [-0.05, 0) is 56.8 Å². The van der Waals surface area contributed by atoms with E-state index in [0.717, 1.165) is 24.9 Å². The van der Waals surface area contributed by atoms with Crippen LogP contribution in [0.4, 0.5) is 0 Å². The Kier molecular flexibility index (Phi) is 8.00. The molecule has 1 fully saturated rings. The fraction of sp³-hybridized carbons (Fsp3) is 0.458. The summed E-state index contributed by atoms with van der Waals surface area (Å²) in [6.07, 6.45) is 6.02. The predicted molar refractivity (Wildman–Crippen MR) is 121 cm³/mol. The summed E-state index contributed by atoms with van der Waals surface area (Å²) in [6, 6.07) is 10.9. The van der Waals surface area contributed by atoms with Gasteiger partial charge in [0.25, 0.3) is 17.4 Å². The largest absolute Gasteiger partial charge is 0.355 e. The van der Waals surface area contributed by atoms with Crippen LogP contribution in [0, 0.1) is 5.92 Å². The van der Waals surface area contributed by atoms with Crippen molar-refractivity contribution in [1.29, 1.82) is 0 Å². The van der Waals surface area contributed by atoms with E-state index in [0.29, 0.717) is 24.6 Å². The lowest BCUT2D eigenvalue weighted by atomic mass is 9.94. The second kappa shape index (κ2) is 10.9. The summed E-state index contributed by atoms with van der Waals surface area (Å²) in [6.45, 7) is 3.15. The van der Waals surface area contributed by atoms with E-state index in [1.54, 1.807) is 0 Å². The number of hydrogen-bond acceptors (Lipinski definition) is 4. The number of rotatable bonds is 8. The molecule has 1 aromatic heterocycles. The maximum Gasteiger partial charge on any atom is 0.263 e. The van der Waals surface area contributed by atoms with Crippen molar-refractivity contribution in [1.82, 2.24) is 20.1 Å². The maximum atomic E-state index is 12.8. The molecule has 0 radical (unpaired) electrons. The second-order valence-electron chi connectivity index (χ2n) is 8.31. The molecule has 0 spiro atoms. The van der Waals surface area contributed by atoms with Gasteiger partial charge >= 0.3 is 0 Å². The summed E-state index contributed by atoms with van der Waals surface area (Å²) in [5, 5.41) is 5.43. The Bertz CT molecular complexity index is 955. The van der Waals surface area contributed by atoms with E-state index in [1.807, 2.05) is 30.3 Å². The number of piperidine rings is 1. The van der Waals surface area contributed by atoms with Crippen molar-refractivity contribution in [3.05, 3.63) is 69.6 Å². The first kappa shape index (κ1) is 22.7. The topological polar surface area (TPSA) is 83.4 Å². The highest BCUT2D eigenvalue weighted by Crippen LogP contribution is 2.19. The number of likely N-dealkylation sites (tertiary alicyclic amines) is 1. The van der Waals surface area contributed by atoms with Gasteiger partial charge in [0.05, 0.1) is 12.1 Å². The number of carbonyl (C=O) groups excluding carboxylic acids is 2. The molecule has 166 valence electrons. The van der Waals surface area contributed by atoms with Gasteiger partial charge in [0.15, 0.2) is 0 Å². The zero-order chi connectivity index (χ0) is 22.2. The number of aromatic nitrogens is 1. The SMILES string of the molecule is CNC(=O)c1cc(C(=O)NCCCC2CCCN(C)C2)cn(Cc2ccccc2)c1=O. The average molecular weight is 425 g/mol. The molecule has 1 atom stereocenters. The number of amides is 2. The molecule has 2 aromatic rings. The van der Waals surface area contributed by atoms with Crippen LogP contribution in [-0.2, 0) is 6.54 Å². The first-order chi connectivity index (χ1) is 15.0. The highest BCUT2D eigenvalue weighted by molar-refractivity contribution is 5.99. The highest BCUT2D eigenvalue weighted by atomic mass is 16.2. The van der Waals surface area contributed by atoms with E-state index in [2.05, 4.69) is 22.6 Å². The van der Waals surface area contributed by atoms with Crippen molar-refractivity contribution in [2.45, 2.75) is 32.2 Å². The van der Waals surface area contributed by atoms with Crippen LogP contribution in [0.2, 0.25) is 0 Å². The van der Waals surface area contributed by atoms with Gasteiger partial charge in [0.1, 0.15) is 5.56 Å². The molecule has 2 heterocycles. The number of carbonyl (C=O) groups is 2. The number of pyridine rings is 1. The molecule has 1 aromatic carbocycles. The minimum Gasteiger partial charge on any atom is -0.355 e. The highest BCUT2D eigenvalue weighted by Gasteiger charge is 2.18. The Morgan fingerprint density at radius 2 is 1.94 bits per heavy atom. The van der Waals surface area contributed by atoms with Gasteiger partial charge in [0, 0.05) is 26.3 Å². The van der Waals surface area contributed by atoms with Crippen LogP contribution in [0.3, 0.4) is 0 Å². The molecule has 1 unspecified atom stereocenters. The van der Waals surface area contributed by atoms with E-state index >= 15 is 0 Å². The maximum absolute atomic E-state index is 12.8. The normalized spacial score (nSPS) is 16.6. The molecular weight excluding hydrogens is 392 g/mol. The summed E-state index contributed by atoms with van der Waals surface area (Å²) >= 11 is 0. The summed E-state index contributed by atoms with van der Waals surface area (Å²) in [4.78, 5) is 40.1. The van der Waals surface area contributed by atoms with Crippen LogP contribution >= 0.6 is 0 Å². The fourth-order valence-electron chi connectivity index (χ4n) is 4.16. The zero-order valence-corrected chi connectivity index (χ0v) is 18.4. The number of nitrogens with one attached hydrogen (secondary N) is 2. The van der Waals surface area contributed by atoms with Crippen LogP contribution in [-0.4, -0.2) is 55.0 Å². The zero-order valence-electron chi connectivity index (χ0n) is 18.4. The number of hydrogen-bond donors (Lipinski definition) is 2. The Morgan fingerprint density at radius 1 is 1.16 bits per heavy atom. The molecule has 0 bridgehead atoms. The van der Waals surface area contributed by atoms with Crippen LogP contribution in [0.15, 0.2) is 47.4 Å². The van der Waals surface area contributed by atoms with Crippen LogP contribution in [0.1, 0.15) is 52.0 Å². The molecule has 7 heteroatoms. The third-order valence-corrected chi connectivity index (χ3v) is 5.81. The third-order valence-electron chi connectivity index (χ3n) is 5.81. The van der Waals surface area contributed by atoms with E-state index in [1.165, 1.54) is 43.3 Å². The van der Waals surface area contributed by atoms with Crippen LogP contribution in [0.25, 0.3) is 0 Å². The average Bonchev–Trinajstić information content (AvgIpc) is 2.78. The first-order valence-electron chi connectivity index (χ1n) is 10.9. The molecule has 0 saturated carbocycles. The molecule has 1 aliphatic heterocycles. The van der Waals surface area contributed by atoms with Gasteiger partial charge in [-0.25, -0.2) is 0 Å². The third kappa shape index (κ3) is 6.28. The van der Waals surface area contributed by atoms with E-state index in [4.69, 9.17) is 0 Å². The fourth-order valence-corrected chi connectivity index (χ4v) is 4.16. The van der Waals surface area contributed by atoms with E-state index in [-0.39, 0.29) is 11.5 Å². The number of benzene rings is 1. The van der Waals surface area contributed by atoms with Crippen LogP contribution in [0.5, 0.6) is 0 Å². The van der Waals surface area contributed by atoms with Gasteiger partial charge in [-0.1, -0.05) is 30.3 Å². The first-order valence-corrected chi connectivity index (χ1v) is 10.9. The Hall–Kier alpha value is -2.93. The number of nitrogens with zero attached hydrogens (tertiary/aromatic N) is 2. The van der Waals surface area contributed by atoms with E-state index < -0.39 is 11.5 Å². The molecule has 2 N–H and O–H groups in total. The Balaban J connectivity index is 1.68. The summed E-state index contributed by atoms with van der Waals surface area (Å²) in [7, 11) is 3.63. The van der Waals surface area contributed by atoms with Crippen molar-refractivity contribution in [2.24, 2.45) is 5.92 Å². The standard InChI is InChI=1S/C24H32N4O3/c1-25-23(30)21-14-20(17-28(24(21)31)16-19-8-4-3-5-9-19)22(29)26-12-6-10-18-11-7-13-27(2)15-18/h3-5,8-9,14,17-18H,6-7,10-13,15-16H2,1-2H3,(H,25,30)(H,26,29). The molecule has 0 aliphatic carbocycles. The van der Waals surface area contributed by atoms with Crippen molar-refractivity contribution < 1.29 is 9.59 Å². The second-order valence-corrected chi connectivity index (χ2v) is 8.31. The van der Waals surface area contributed by atoms with Gasteiger partial charge in [-0.3, -0.25) is 14.4 Å². The monoisotopic (exact) mass is 424 g/mol. The Morgan fingerprint density at radius 3 is 2.65 bits per heavy atom. The van der Waals surface area contributed by atoms with Gasteiger partial charge in [-0.2, -0.15) is 0 Å². The lowest BCUT2D eigenvalue weighted by Crippen LogP contribution is -2.34. The quantitative estimate of drug-likeness (QED) is 0.636. The minimum absolute atomic E-state index is 0.0312. The Labute approximate surface area is 183 Å². The molecule has 1 aliphatic rings. The van der Waals surface area contributed by atoms with Crippen molar-refractivity contribution in [2.75, 3.05) is 33.7 Å². The van der Waals surface area contributed by atoms with Gasteiger partial charge in [0.2, 0.25) is 0 Å². The van der Waals surface area contributed by atoms with Crippen molar-refractivity contribution in [3.8, 4) is 0 Å². The summed E-state index contributed by atoms with van der Waals surface area (Å²) in [5.41, 5.74) is 0.784. The molecule has 3 rings (SSSR count). The summed E-state index contributed by atoms with van der Waals surface area (Å²) < 4.78 is 1.42. The van der Waals surface area contributed by atoms with Crippen molar-refractivity contribution >= 4 is 11.8 Å². The molecule has 1 saturated heterocycles. The lowest BCUT2D eigenvalue weighted by molar-refractivity contribution is 0.0950. The smallest absolute Gasteiger partial charge is 0.263 e. The van der Waals surface area contributed by atoms with Crippen molar-refractivity contribution in [3.63, 3.8) is 0 Å². The van der Waals surface area contributed by atoms with Gasteiger partial charge in [-0.15, -0.1) is 0 Å². The van der Waals surface area contributed by atoms with Crippen LogP contribution < -0.4 is 16.2 Å². The molecular formula is C24H32N4O3. The molecule has 2 amide bonds.